The number of rotatable bonds is 9. The Hall–Kier alpha value is -3.55. The van der Waals surface area contributed by atoms with E-state index in [0.717, 1.165) is 16.0 Å². The molecule has 8 heteroatoms. The Morgan fingerprint density at radius 3 is 2.42 bits per heavy atom. The maximum atomic E-state index is 12.7. The van der Waals surface area contributed by atoms with Crippen molar-refractivity contribution in [1.29, 1.82) is 0 Å². The summed E-state index contributed by atoms with van der Waals surface area (Å²) < 4.78 is 10.5. The van der Waals surface area contributed by atoms with Gasteiger partial charge in [-0.1, -0.05) is 36.4 Å². The molecule has 1 saturated heterocycles. The summed E-state index contributed by atoms with van der Waals surface area (Å²) in [5.41, 5.74) is 1.90. The number of benzene rings is 2. The lowest BCUT2D eigenvalue weighted by Crippen LogP contribution is -2.37. The Kier molecular flexibility index (Phi) is 7.12. The third kappa shape index (κ3) is 5.33. The molecule has 164 valence electrons. The lowest BCUT2D eigenvalue weighted by Gasteiger charge is -2.19. The molecule has 1 fully saturated rings. The average Bonchev–Trinajstić information content (AvgIpc) is 3.04. The molecule has 0 unspecified atom stereocenters. The van der Waals surface area contributed by atoms with Gasteiger partial charge in [0.2, 0.25) is 5.91 Å². The average molecular weight is 425 g/mol. The zero-order chi connectivity index (χ0) is 22.4. The third-order valence-corrected chi connectivity index (χ3v) is 5.25. The molecule has 1 N–H and O–H groups in total. The number of nitrogens with zero attached hydrogens (tertiary/aromatic N) is 2. The predicted octanol–water partition coefficient (Wildman–Crippen LogP) is 2.22. The molecule has 1 heterocycles. The molecule has 0 aliphatic carbocycles. The van der Waals surface area contributed by atoms with Crippen LogP contribution in [0.3, 0.4) is 0 Å². The molecule has 0 aromatic heterocycles. The molecule has 31 heavy (non-hydrogen) atoms. The molecule has 3 rings (SSSR count). The van der Waals surface area contributed by atoms with Gasteiger partial charge in [0.05, 0.1) is 20.6 Å². The highest BCUT2D eigenvalue weighted by molar-refractivity contribution is 6.05. The maximum absolute atomic E-state index is 12.7. The van der Waals surface area contributed by atoms with Crippen molar-refractivity contribution >= 4 is 17.8 Å². The number of nitrogens with one attached hydrogen (secondary N) is 1. The SMILES string of the molecule is COc1ccc(CCN2C(=O)N[C@@H](CC(=O)N(C)Cc3ccccc3)C2=O)cc1OC. The van der Waals surface area contributed by atoms with Crippen LogP contribution in [0.2, 0.25) is 0 Å². The van der Waals surface area contributed by atoms with E-state index in [9.17, 15) is 14.4 Å². The second-order valence-electron chi connectivity index (χ2n) is 7.37. The number of ether oxygens (including phenoxy) is 2. The number of amides is 4. The van der Waals surface area contributed by atoms with Crippen molar-refractivity contribution < 1.29 is 23.9 Å². The molecule has 8 nitrogen and oxygen atoms in total. The van der Waals surface area contributed by atoms with Gasteiger partial charge >= 0.3 is 6.03 Å². The molecule has 1 aliphatic rings. The predicted molar refractivity (Wildman–Crippen MR) is 115 cm³/mol. The summed E-state index contributed by atoms with van der Waals surface area (Å²) in [6.07, 6.45) is 0.398. The number of urea groups is 1. The van der Waals surface area contributed by atoms with Gasteiger partial charge in [0.1, 0.15) is 6.04 Å². The van der Waals surface area contributed by atoms with Gasteiger partial charge in [-0.05, 0) is 29.7 Å². The number of carbonyl (C=O) groups is 3. The van der Waals surface area contributed by atoms with Crippen LogP contribution >= 0.6 is 0 Å². The highest BCUT2D eigenvalue weighted by atomic mass is 16.5. The molecule has 0 saturated carbocycles. The second-order valence-corrected chi connectivity index (χ2v) is 7.37. The fourth-order valence-electron chi connectivity index (χ4n) is 3.48. The monoisotopic (exact) mass is 425 g/mol. The summed E-state index contributed by atoms with van der Waals surface area (Å²) in [5.74, 6) is 0.609. The van der Waals surface area contributed by atoms with Gasteiger partial charge in [-0.25, -0.2) is 4.79 Å². The van der Waals surface area contributed by atoms with E-state index in [0.29, 0.717) is 24.5 Å². The lowest BCUT2D eigenvalue weighted by atomic mass is 10.1. The zero-order valence-electron chi connectivity index (χ0n) is 18.0. The van der Waals surface area contributed by atoms with E-state index >= 15 is 0 Å². The fraction of sp³-hybridized carbons (Fsp3) is 0.348. The molecular weight excluding hydrogens is 398 g/mol. The van der Waals surface area contributed by atoms with Crippen LogP contribution in [0, 0.1) is 0 Å². The van der Waals surface area contributed by atoms with E-state index < -0.39 is 12.1 Å². The van der Waals surface area contributed by atoms with Crippen molar-refractivity contribution in [3.63, 3.8) is 0 Å². The highest BCUT2D eigenvalue weighted by Crippen LogP contribution is 2.28. The summed E-state index contributed by atoms with van der Waals surface area (Å²) >= 11 is 0. The fourth-order valence-corrected chi connectivity index (χ4v) is 3.48. The van der Waals surface area contributed by atoms with E-state index in [-0.39, 0.29) is 24.8 Å². The highest BCUT2D eigenvalue weighted by Gasteiger charge is 2.39. The molecule has 0 bridgehead atoms. The molecule has 2 aromatic carbocycles. The molecule has 2 aromatic rings. The smallest absolute Gasteiger partial charge is 0.324 e. The topological polar surface area (TPSA) is 88.2 Å². The van der Waals surface area contributed by atoms with Gasteiger partial charge in [0, 0.05) is 20.1 Å². The minimum Gasteiger partial charge on any atom is -0.493 e. The van der Waals surface area contributed by atoms with Crippen molar-refractivity contribution in [2.75, 3.05) is 27.8 Å². The van der Waals surface area contributed by atoms with Crippen molar-refractivity contribution in [3.8, 4) is 11.5 Å². The number of hydrogen-bond donors (Lipinski definition) is 1. The van der Waals surface area contributed by atoms with Gasteiger partial charge in [0.15, 0.2) is 11.5 Å². The Labute approximate surface area is 181 Å². The van der Waals surface area contributed by atoms with Crippen LogP contribution < -0.4 is 14.8 Å². The first kappa shape index (κ1) is 22.1. The van der Waals surface area contributed by atoms with E-state index in [1.807, 2.05) is 42.5 Å². The van der Waals surface area contributed by atoms with E-state index in [4.69, 9.17) is 9.47 Å². The van der Waals surface area contributed by atoms with Crippen molar-refractivity contribution in [3.05, 3.63) is 59.7 Å². The summed E-state index contributed by atoms with van der Waals surface area (Å²) in [4.78, 5) is 40.3. The van der Waals surface area contributed by atoms with E-state index in [2.05, 4.69) is 5.32 Å². The summed E-state index contributed by atoms with van der Waals surface area (Å²) in [5, 5.41) is 2.63. The molecule has 0 spiro atoms. The van der Waals surface area contributed by atoms with Crippen LogP contribution in [0.15, 0.2) is 48.5 Å². The molecule has 4 amide bonds. The molecule has 1 aliphatic heterocycles. The van der Waals surface area contributed by atoms with Crippen LogP contribution in [-0.2, 0) is 22.6 Å². The standard InChI is InChI=1S/C23H27N3O5/c1-25(15-17-7-5-4-6-8-17)21(27)14-18-22(28)26(23(29)24-18)12-11-16-9-10-19(30-2)20(13-16)31-3/h4-10,13,18H,11-12,14-15H2,1-3H3,(H,24,29)/t18-/m0/s1. The number of hydrogen-bond acceptors (Lipinski definition) is 5. The molecule has 0 radical (unpaired) electrons. The van der Waals surface area contributed by atoms with Gasteiger partial charge in [-0.15, -0.1) is 0 Å². The number of imide groups is 1. The van der Waals surface area contributed by atoms with Crippen LogP contribution in [-0.4, -0.2) is 61.5 Å². The normalized spacial score (nSPS) is 15.6. The van der Waals surface area contributed by atoms with Crippen molar-refractivity contribution in [1.82, 2.24) is 15.1 Å². The van der Waals surface area contributed by atoms with Gasteiger partial charge in [0.25, 0.3) is 5.91 Å². The summed E-state index contributed by atoms with van der Waals surface area (Å²) in [6, 6.07) is 13.7. The van der Waals surface area contributed by atoms with Crippen molar-refractivity contribution in [2.24, 2.45) is 0 Å². The van der Waals surface area contributed by atoms with Crippen LogP contribution in [0.1, 0.15) is 17.5 Å². The summed E-state index contributed by atoms with van der Waals surface area (Å²) in [7, 11) is 4.80. The Morgan fingerprint density at radius 1 is 1.03 bits per heavy atom. The number of carbonyl (C=O) groups excluding carboxylic acids is 3. The quantitative estimate of drug-likeness (QED) is 0.623. The Balaban J connectivity index is 1.56. The van der Waals surface area contributed by atoms with Gasteiger partial charge in [-0.2, -0.15) is 0 Å². The Bertz CT molecular complexity index is 947. The van der Waals surface area contributed by atoms with Gasteiger partial charge in [-0.3, -0.25) is 14.5 Å². The van der Waals surface area contributed by atoms with Crippen LogP contribution in [0.4, 0.5) is 4.79 Å². The Morgan fingerprint density at radius 2 is 1.74 bits per heavy atom. The zero-order valence-corrected chi connectivity index (χ0v) is 18.0. The van der Waals surface area contributed by atoms with Crippen LogP contribution in [0.25, 0.3) is 0 Å². The van der Waals surface area contributed by atoms with Crippen LogP contribution in [0.5, 0.6) is 11.5 Å². The first-order valence-electron chi connectivity index (χ1n) is 10.0. The molecular formula is C23H27N3O5. The summed E-state index contributed by atoms with van der Waals surface area (Å²) in [6.45, 7) is 0.655. The lowest BCUT2D eigenvalue weighted by molar-refractivity contribution is -0.135. The largest absolute Gasteiger partial charge is 0.493 e. The van der Waals surface area contributed by atoms with E-state index in [1.54, 1.807) is 32.2 Å². The first-order valence-corrected chi connectivity index (χ1v) is 10.0. The minimum absolute atomic E-state index is 0.0687. The first-order chi connectivity index (χ1) is 14.9. The van der Waals surface area contributed by atoms with E-state index in [1.165, 1.54) is 0 Å². The second kappa shape index (κ2) is 9.97. The van der Waals surface area contributed by atoms with Gasteiger partial charge < -0.3 is 19.7 Å². The maximum Gasteiger partial charge on any atom is 0.324 e. The van der Waals surface area contributed by atoms with Crippen molar-refractivity contribution in [2.45, 2.75) is 25.4 Å². The molecule has 1 atom stereocenters. The third-order valence-electron chi connectivity index (χ3n) is 5.25. The minimum atomic E-state index is -0.844. The number of methoxy groups -OCH3 is 2.